The number of hydrogen-bond donors (Lipinski definition) is 2. The highest BCUT2D eigenvalue weighted by Crippen LogP contribution is 2.17. The number of carbonyl (C=O) groups excluding carboxylic acids is 3. The minimum Gasteiger partial charge on any atom is -0.465 e. The van der Waals surface area contributed by atoms with E-state index in [9.17, 15) is 14.4 Å². The lowest BCUT2D eigenvalue weighted by Crippen LogP contribution is -2.08. The normalized spacial score (nSPS) is 11.0. The minimum atomic E-state index is -0.212. The van der Waals surface area contributed by atoms with Gasteiger partial charge in [0.15, 0.2) is 0 Å². The molecule has 0 radical (unpaired) electrons. The molecule has 0 unspecified atom stereocenters. The highest BCUT2D eigenvalue weighted by atomic mass is 32.2. The fourth-order valence-electron chi connectivity index (χ4n) is 2.38. The van der Waals surface area contributed by atoms with Crippen LogP contribution in [0, 0.1) is 0 Å². The summed E-state index contributed by atoms with van der Waals surface area (Å²) < 4.78 is 15.5. The maximum atomic E-state index is 11.8. The van der Waals surface area contributed by atoms with E-state index < -0.39 is 0 Å². The molecule has 0 aromatic rings. The lowest BCUT2D eigenvalue weighted by Gasteiger charge is -2.06. The molecule has 18 heteroatoms. The van der Waals surface area contributed by atoms with E-state index in [0.29, 0.717) is 79.7 Å². The first-order valence-electron chi connectivity index (χ1n) is 13.6. The van der Waals surface area contributed by atoms with Gasteiger partial charge in [-0.2, -0.15) is 70.6 Å². The lowest BCUT2D eigenvalue weighted by molar-refractivity contribution is -0.278. The Labute approximate surface area is 290 Å². The first kappa shape index (κ1) is 44.0. The second-order valence-electron chi connectivity index (χ2n) is 7.80. The molecular weight excluding hydrogens is 717 g/mol. The first-order valence-corrected chi connectivity index (χ1v) is 22.9. The van der Waals surface area contributed by atoms with Gasteiger partial charge in [0, 0.05) is 55.5 Å². The zero-order chi connectivity index (χ0) is 31.5. The molecule has 254 valence electrons. The fourth-order valence-corrected chi connectivity index (χ4v) is 8.90. The molecule has 0 aromatic heterocycles. The summed E-state index contributed by atoms with van der Waals surface area (Å²) in [5, 5.41) is 19.8. The van der Waals surface area contributed by atoms with Gasteiger partial charge < -0.3 is 24.4 Å². The number of rotatable bonds is 34. The molecule has 10 nitrogen and oxygen atoms in total. The summed E-state index contributed by atoms with van der Waals surface area (Å²) in [6.07, 6.45) is 2.04. The highest BCUT2D eigenvalue weighted by molar-refractivity contribution is 8.16. The van der Waals surface area contributed by atoms with Crippen molar-refractivity contribution in [3.05, 3.63) is 0 Å². The van der Waals surface area contributed by atoms with Gasteiger partial charge in [0.25, 0.3) is 0 Å². The zero-order valence-corrected chi connectivity index (χ0v) is 31.0. The van der Waals surface area contributed by atoms with Crippen molar-refractivity contribution in [2.75, 3.05) is 106 Å². The van der Waals surface area contributed by atoms with E-state index in [4.69, 9.17) is 34.2 Å². The van der Waals surface area contributed by atoms with Crippen LogP contribution in [0.5, 0.6) is 0 Å². The fraction of sp³-hybridized carbons (Fsp3) is 0.880. The van der Waals surface area contributed by atoms with E-state index in [1.807, 2.05) is 0 Å². The monoisotopic (exact) mass is 762 g/mol. The average Bonchev–Trinajstić information content (AvgIpc) is 3.00. The summed E-state index contributed by atoms with van der Waals surface area (Å²) in [7, 11) is 0. The van der Waals surface area contributed by atoms with Crippen LogP contribution in [0.15, 0.2) is 0 Å². The molecule has 0 atom stereocenters. The Bertz CT molecular complexity index is 655. The summed E-state index contributed by atoms with van der Waals surface area (Å²) in [6.45, 7) is 1.59. The van der Waals surface area contributed by atoms with Crippen molar-refractivity contribution in [2.45, 2.75) is 25.7 Å². The van der Waals surface area contributed by atoms with E-state index in [1.54, 1.807) is 82.3 Å². The van der Waals surface area contributed by atoms with Crippen molar-refractivity contribution in [2.24, 2.45) is 0 Å². The van der Waals surface area contributed by atoms with Crippen molar-refractivity contribution in [1.82, 2.24) is 0 Å². The number of carbonyl (C=O) groups is 3. The molecule has 0 saturated heterocycles. The van der Waals surface area contributed by atoms with Crippen LogP contribution in [0.1, 0.15) is 25.7 Å². The summed E-state index contributed by atoms with van der Waals surface area (Å²) >= 11 is 13.0. The Kier molecular flexibility index (Phi) is 38.4. The average molecular weight is 763 g/mol. The number of aliphatic hydroxyl groups is 2. The van der Waals surface area contributed by atoms with Crippen LogP contribution in [0.4, 0.5) is 0 Å². The summed E-state index contributed by atoms with van der Waals surface area (Å²) in [4.78, 5) is 45.3. The van der Waals surface area contributed by atoms with Crippen molar-refractivity contribution < 1.29 is 48.6 Å². The molecular formula is C25H46O10S8. The Hall–Kier alpha value is 1.05. The largest absolute Gasteiger partial charge is 0.465 e. The van der Waals surface area contributed by atoms with Gasteiger partial charge in [-0.3, -0.25) is 14.4 Å². The minimum absolute atomic E-state index is 0.136. The second-order valence-corrected chi connectivity index (χ2v) is 17.6. The van der Waals surface area contributed by atoms with Gasteiger partial charge in [0.05, 0.1) is 39.1 Å². The number of esters is 3. The van der Waals surface area contributed by atoms with Gasteiger partial charge in [0.2, 0.25) is 0 Å². The van der Waals surface area contributed by atoms with Crippen molar-refractivity contribution in [1.29, 1.82) is 0 Å². The summed E-state index contributed by atoms with van der Waals surface area (Å²) in [5.41, 5.74) is 0. The van der Waals surface area contributed by atoms with E-state index in [2.05, 4.69) is 0 Å². The molecule has 0 heterocycles. The molecule has 0 bridgehead atoms. The van der Waals surface area contributed by atoms with E-state index >= 15 is 0 Å². The van der Waals surface area contributed by atoms with Gasteiger partial charge in [0.1, 0.15) is 25.1 Å². The van der Waals surface area contributed by atoms with Crippen LogP contribution in [0.2, 0.25) is 0 Å². The molecule has 43 heavy (non-hydrogen) atoms. The third-order valence-corrected chi connectivity index (χ3v) is 12.8. The third-order valence-electron chi connectivity index (χ3n) is 4.34. The molecule has 0 aromatic carbocycles. The molecule has 0 saturated carbocycles. The molecule has 0 spiro atoms. The predicted octanol–water partition coefficient (Wildman–Crippen LogP) is 4.76. The van der Waals surface area contributed by atoms with Crippen molar-refractivity contribution in [3.63, 3.8) is 0 Å². The Balaban J connectivity index is 3.25. The third kappa shape index (κ3) is 37.4. The first-order chi connectivity index (χ1) is 21.1. The van der Waals surface area contributed by atoms with Crippen LogP contribution >= 0.6 is 94.1 Å². The van der Waals surface area contributed by atoms with Gasteiger partial charge in [-0.05, 0) is 12.2 Å². The number of aliphatic hydroxyl groups excluding tert-OH is 2. The molecule has 2 N–H and O–H groups in total. The van der Waals surface area contributed by atoms with Crippen molar-refractivity contribution >= 4 is 112 Å². The highest BCUT2D eigenvalue weighted by Gasteiger charge is 2.06. The number of thioether (sulfide) groups is 8. The summed E-state index contributed by atoms with van der Waals surface area (Å²) in [6, 6.07) is 0. The quantitative estimate of drug-likeness (QED) is 0.0232. The van der Waals surface area contributed by atoms with Gasteiger partial charge in [-0.25, -0.2) is 9.78 Å². The zero-order valence-electron chi connectivity index (χ0n) is 24.5. The Morgan fingerprint density at radius 1 is 0.442 bits per heavy atom. The molecule has 0 aliphatic rings. The van der Waals surface area contributed by atoms with Gasteiger partial charge in [-0.1, -0.05) is 0 Å². The van der Waals surface area contributed by atoms with Crippen molar-refractivity contribution in [3.8, 4) is 0 Å². The standard InChI is InChI=1S/C25H46O10S8/c26-5-14-36-16-8-31-23(28)2-11-39-20-38-10-1-7-34-35-19-43-22-42-18-33-25(30)4-13-41-21-40-12-3-24(29)32-9-17-37-15-6-27/h26-27H,1-22H2. The van der Waals surface area contributed by atoms with Crippen LogP contribution in [0.25, 0.3) is 0 Å². The van der Waals surface area contributed by atoms with Crippen LogP contribution in [-0.2, 0) is 38.4 Å². The van der Waals surface area contributed by atoms with E-state index in [0.717, 1.165) is 38.9 Å². The van der Waals surface area contributed by atoms with Gasteiger partial charge in [-0.15, -0.1) is 23.5 Å². The van der Waals surface area contributed by atoms with Crippen LogP contribution < -0.4 is 0 Å². The Morgan fingerprint density at radius 3 is 1.44 bits per heavy atom. The molecule has 0 fully saturated rings. The smallest absolute Gasteiger partial charge is 0.307 e. The lowest BCUT2D eigenvalue weighted by atomic mass is 10.5. The van der Waals surface area contributed by atoms with Crippen LogP contribution in [-0.4, -0.2) is 134 Å². The molecule has 0 rings (SSSR count). The van der Waals surface area contributed by atoms with E-state index in [-0.39, 0.29) is 31.1 Å². The molecule has 0 aliphatic heterocycles. The van der Waals surface area contributed by atoms with E-state index in [1.165, 1.54) is 11.8 Å². The second kappa shape index (κ2) is 37.5. The maximum Gasteiger partial charge on any atom is 0.307 e. The number of hydrogen-bond acceptors (Lipinski definition) is 18. The van der Waals surface area contributed by atoms with Gasteiger partial charge >= 0.3 is 17.9 Å². The molecule has 0 amide bonds. The predicted molar refractivity (Wildman–Crippen MR) is 192 cm³/mol. The maximum absolute atomic E-state index is 11.8. The Morgan fingerprint density at radius 2 is 0.907 bits per heavy atom. The molecule has 0 aliphatic carbocycles. The van der Waals surface area contributed by atoms with Crippen LogP contribution in [0.3, 0.4) is 0 Å². The summed E-state index contributed by atoms with van der Waals surface area (Å²) in [5.74, 6) is 5.97. The SMILES string of the molecule is O=C(CCSCSCCCOOCSCSCOC(=O)CCSCSCCC(=O)OCCSCCO)OCCSCCO. The topological polar surface area (TPSA) is 138 Å². The number of ether oxygens (including phenoxy) is 3.